The Morgan fingerprint density at radius 2 is 1.25 bits per heavy atom. The lowest BCUT2D eigenvalue weighted by Crippen LogP contribution is -2.36. The van der Waals surface area contributed by atoms with E-state index in [9.17, 15) is 18.7 Å². The van der Waals surface area contributed by atoms with E-state index in [-0.39, 0.29) is 40.4 Å². The Hall–Kier alpha value is -4.32. The fourth-order valence-electron chi connectivity index (χ4n) is 6.54. The number of carbonyl (C=O) groups is 2. The summed E-state index contributed by atoms with van der Waals surface area (Å²) in [5.74, 6) is -2.65. The maximum atomic E-state index is 16.9. The van der Waals surface area contributed by atoms with Gasteiger partial charge in [-0.25, -0.2) is 56.9 Å². The van der Waals surface area contributed by atoms with Crippen LogP contribution in [0.3, 0.4) is 0 Å². The fourth-order valence-corrected chi connectivity index (χ4v) is 9.14. The van der Waals surface area contributed by atoms with Crippen molar-refractivity contribution in [3.63, 3.8) is 0 Å². The highest BCUT2D eigenvalue weighted by Crippen LogP contribution is 2.59. The first kappa shape index (κ1) is 43.8. The van der Waals surface area contributed by atoms with E-state index in [1.807, 2.05) is 0 Å². The van der Waals surface area contributed by atoms with Crippen LogP contribution in [0, 0.1) is 16.7 Å². The van der Waals surface area contributed by atoms with Crippen LogP contribution in [0.15, 0.2) is 25.3 Å². The second-order valence-corrected chi connectivity index (χ2v) is 19.4. The Morgan fingerprint density at radius 3 is 1.80 bits per heavy atom. The molecule has 6 heterocycles. The van der Waals surface area contributed by atoms with E-state index in [4.69, 9.17) is 52.8 Å². The number of rotatable bonds is 8. The normalized spacial score (nSPS) is 31.6. The third kappa shape index (κ3) is 8.86. The summed E-state index contributed by atoms with van der Waals surface area (Å²) in [6.07, 6.45) is -6.66. The molecule has 10 atom stereocenters. The number of alkyl halides is 2. The number of phosphoric acid groups is 2. The molecule has 4 aromatic heterocycles. The summed E-state index contributed by atoms with van der Waals surface area (Å²) < 4.78 is 116. The average molecular weight is 889 g/mol. The SMILES string of the molecule is CC(C)(C)C(=O)OCOP1(=O)OC[C@H]2O[C@@H](n3cnc4c(N)ncnc43)C(F)C2OP(=O)(OCOC(=O)C(C)(C)C)OC[C@H]2C[C@@H](n3cnc4c(N)ncnc43)C(F)C2O1. The van der Waals surface area contributed by atoms with Crippen LogP contribution in [-0.4, -0.2) is 108 Å². The van der Waals surface area contributed by atoms with Gasteiger partial charge in [-0.2, -0.15) is 0 Å². The number of carbonyl (C=O) groups excluding carboxylic acids is 2. The predicted octanol–water partition coefficient (Wildman–Crippen LogP) is 4.13. The van der Waals surface area contributed by atoms with Gasteiger partial charge in [-0.1, -0.05) is 0 Å². The number of nitrogens with zero attached hydrogens (tertiary/aromatic N) is 8. The topological polar surface area (TPSA) is 291 Å². The summed E-state index contributed by atoms with van der Waals surface area (Å²) in [6.45, 7) is 5.86. The number of halogens is 2. The lowest BCUT2D eigenvalue weighted by molar-refractivity contribution is -0.161. The highest BCUT2D eigenvalue weighted by molar-refractivity contribution is 7.48. The third-order valence-corrected chi connectivity index (χ3v) is 12.5. The fraction of sp³-hybridized carbons (Fsp3) is 0.636. The van der Waals surface area contributed by atoms with Crippen LogP contribution in [0.4, 0.5) is 20.4 Å². The van der Waals surface area contributed by atoms with E-state index >= 15 is 8.78 Å². The van der Waals surface area contributed by atoms with Gasteiger partial charge in [-0.3, -0.25) is 32.3 Å². The number of aromatic nitrogens is 8. The molecule has 4 aromatic rings. The van der Waals surface area contributed by atoms with Crippen molar-refractivity contribution in [2.24, 2.45) is 16.7 Å². The van der Waals surface area contributed by atoms with Gasteiger partial charge in [0, 0.05) is 5.92 Å². The number of hydrogen-bond donors (Lipinski definition) is 2. The summed E-state index contributed by atoms with van der Waals surface area (Å²) in [5, 5.41) is 0. The standard InChI is InChI=1S/C33H44F2N10O13P2/c1-32(2,3)30(46)50-14-54-59(48)52-8-16-7-17(44-12-42-21-25(36)38-10-40-27(21)44)19(34)23(16)57-60(49,55-15-51-31(47)33(4,5)6)53-9-18-24(58-59)20(35)29(56-18)45-13-43-22-26(37)39-11-41-28(22)45/h10-13,16-20,23-24,29H,7-9,14-15H2,1-6H3,(H2,36,38,40)(H2,37,39,41)/t16-,17-,18-,19?,20?,23?,24?,29-,59?,60?/m1/s1. The average Bonchev–Trinajstić information content (AvgIpc) is 3.94. The van der Waals surface area contributed by atoms with Gasteiger partial charge in [0.2, 0.25) is 13.6 Å². The van der Waals surface area contributed by atoms with Crippen LogP contribution in [-0.2, 0) is 60.1 Å². The van der Waals surface area contributed by atoms with Crippen molar-refractivity contribution >= 4 is 61.5 Å². The number of fused-ring (bicyclic) bond motifs is 4. The van der Waals surface area contributed by atoms with Gasteiger partial charge in [0.15, 0.2) is 35.3 Å². The van der Waals surface area contributed by atoms with Crippen molar-refractivity contribution in [1.82, 2.24) is 39.0 Å². The first-order chi connectivity index (χ1) is 28.2. The third-order valence-electron chi connectivity index (χ3n) is 9.73. The van der Waals surface area contributed by atoms with Crippen LogP contribution >= 0.6 is 15.6 Å². The molecule has 3 aliphatic rings. The van der Waals surface area contributed by atoms with E-state index in [0.717, 1.165) is 12.7 Å². The zero-order valence-electron chi connectivity index (χ0n) is 33.2. The number of nitrogen functional groups attached to an aromatic ring is 2. The Kier molecular flexibility index (Phi) is 12.0. The minimum atomic E-state index is -5.03. The molecule has 27 heteroatoms. The minimum Gasteiger partial charge on any atom is -0.437 e. The molecule has 328 valence electrons. The van der Waals surface area contributed by atoms with Crippen molar-refractivity contribution < 1.29 is 68.9 Å². The Balaban J connectivity index is 1.24. The molecule has 23 nitrogen and oxygen atoms in total. The molecule has 0 spiro atoms. The molecule has 1 aliphatic carbocycles. The molecule has 0 radical (unpaired) electrons. The molecule has 6 unspecified atom stereocenters. The van der Waals surface area contributed by atoms with Crippen LogP contribution in [0.2, 0.25) is 0 Å². The summed E-state index contributed by atoms with van der Waals surface area (Å²) in [6, 6.07) is -1.16. The smallest absolute Gasteiger partial charge is 0.437 e. The first-order valence-electron chi connectivity index (χ1n) is 18.5. The molecule has 2 saturated heterocycles. The molecule has 1 saturated carbocycles. The molecule has 7 rings (SSSR count). The van der Waals surface area contributed by atoms with Crippen LogP contribution in [0.25, 0.3) is 22.3 Å². The monoisotopic (exact) mass is 888 g/mol. The number of esters is 2. The molecular weight excluding hydrogens is 844 g/mol. The van der Waals surface area contributed by atoms with Gasteiger partial charge in [0.05, 0.1) is 42.7 Å². The van der Waals surface area contributed by atoms with E-state index in [1.54, 1.807) is 41.5 Å². The summed E-state index contributed by atoms with van der Waals surface area (Å²) in [7, 11) is -10.1. The number of nitrogens with two attached hydrogens (primary N) is 2. The van der Waals surface area contributed by atoms with Crippen molar-refractivity contribution in [2.45, 2.75) is 90.9 Å². The van der Waals surface area contributed by atoms with E-state index in [1.165, 1.54) is 21.8 Å². The Bertz CT molecular complexity index is 2180. The molecule has 0 aromatic carbocycles. The highest BCUT2D eigenvalue weighted by atomic mass is 31.2. The molecule has 2 aliphatic heterocycles. The van der Waals surface area contributed by atoms with E-state index in [2.05, 4.69) is 29.9 Å². The Morgan fingerprint density at radius 1 is 0.750 bits per heavy atom. The minimum absolute atomic E-state index is 0.0192. The van der Waals surface area contributed by atoms with Gasteiger partial charge >= 0.3 is 27.6 Å². The zero-order valence-corrected chi connectivity index (χ0v) is 34.9. The maximum Gasteiger partial charge on any atom is 0.478 e. The van der Waals surface area contributed by atoms with Gasteiger partial charge < -0.3 is 30.2 Å². The zero-order chi connectivity index (χ0) is 43.4. The lowest BCUT2D eigenvalue weighted by atomic mass is 9.98. The lowest BCUT2D eigenvalue weighted by Gasteiger charge is -2.30. The second kappa shape index (κ2) is 16.5. The number of ether oxygens (including phenoxy) is 3. The maximum absolute atomic E-state index is 16.9. The van der Waals surface area contributed by atoms with Gasteiger partial charge in [-0.15, -0.1) is 0 Å². The predicted molar refractivity (Wildman–Crippen MR) is 200 cm³/mol. The van der Waals surface area contributed by atoms with Gasteiger partial charge in [-0.05, 0) is 48.0 Å². The molecule has 0 amide bonds. The van der Waals surface area contributed by atoms with Crippen LogP contribution in [0.5, 0.6) is 0 Å². The van der Waals surface area contributed by atoms with Crippen molar-refractivity contribution in [3.8, 4) is 0 Å². The molecular formula is C33H44F2N10O13P2. The van der Waals surface area contributed by atoms with Crippen molar-refractivity contribution in [1.29, 1.82) is 0 Å². The second-order valence-electron chi connectivity index (χ2n) is 16.2. The number of imidazole rings is 2. The summed E-state index contributed by atoms with van der Waals surface area (Å²) in [4.78, 5) is 49.6. The van der Waals surface area contributed by atoms with E-state index < -0.39 is 114 Å². The quantitative estimate of drug-likeness (QED) is 0.143. The van der Waals surface area contributed by atoms with Crippen molar-refractivity contribution in [2.75, 3.05) is 38.3 Å². The number of anilines is 2. The van der Waals surface area contributed by atoms with Crippen molar-refractivity contribution in [3.05, 3.63) is 25.3 Å². The first-order valence-corrected chi connectivity index (χ1v) is 21.4. The Labute approximate surface area is 340 Å². The molecule has 60 heavy (non-hydrogen) atoms. The number of phosphoric ester groups is 2. The van der Waals surface area contributed by atoms with Gasteiger partial charge in [0.25, 0.3) is 0 Å². The summed E-state index contributed by atoms with van der Waals surface area (Å²) in [5.41, 5.74) is 10.4. The van der Waals surface area contributed by atoms with Crippen LogP contribution in [0.1, 0.15) is 60.2 Å². The van der Waals surface area contributed by atoms with E-state index in [0.29, 0.717) is 0 Å². The molecule has 4 N–H and O–H groups in total. The molecule has 0 bridgehead atoms. The summed E-state index contributed by atoms with van der Waals surface area (Å²) >= 11 is 0. The van der Waals surface area contributed by atoms with Crippen LogP contribution < -0.4 is 11.5 Å². The molecule has 3 fully saturated rings. The highest BCUT2D eigenvalue weighted by Gasteiger charge is 2.55. The largest absolute Gasteiger partial charge is 0.478 e. The number of hydrogen-bond acceptors (Lipinski definition) is 21. The van der Waals surface area contributed by atoms with Gasteiger partial charge in [0.1, 0.15) is 48.2 Å².